The SMILES string of the molecule is O=C(NCc1ccc(CN2CCCCC2)cc1)c1ccc(SC(F)F)cc1. The zero-order valence-electron chi connectivity index (χ0n) is 15.2. The van der Waals surface area contributed by atoms with Crippen LogP contribution < -0.4 is 5.32 Å². The first-order chi connectivity index (χ1) is 13.1. The van der Waals surface area contributed by atoms with Crippen LogP contribution in [-0.2, 0) is 13.1 Å². The van der Waals surface area contributed by atoms with E-state index in [-0.39, 0.29) is 5.91 Å². The lowest BCUT2D eigenvalue weighted by molar-refractivity contribution is 0.0951. The van der Waals surface area contributed by atoms with E-state index in [9.17, 15) is 13.6 Å². The summed E-state index contributed by atoms with van der Waals surface area (Å²) in [6.07, 6.45) is 3.90. The number of alkyl halides is 2. The van der Waals surface area contributed by atoms with Crippen molar-refractivity contribution >= 4 is 17.7 Å². The van der Waals surface area contributed by atoms with Gasteiger partial charge in [-0.3, -0.25) is 9.69 Å². The van der Waals surface area contributed by atoms with Gasteiger partial charge < -0.3 is 5.32 Å². The standard InChI is InChI=1S/C21H24F2N2OS/c22-21(23)27-19-10-8-18(9-11-19)20(26)24-14-16-4-6-17(7-5-16)15-25-12-2-1-3-13-25/h4-11,21H,1-3,12-15H2,(H,24,26). The highest BCUT2D eigenvalue weighted by Crippen LogP contribution is 2.25. The number of amides is 1. The predicted molar refractivity (Wildman–Crippen MR) is 105 cm³/mol. The number of nitrogens with one attached hydrogen (secondary N) is 1. The van der Waals surface area contributed by atoms with Crippen LogP contribution in [-0.4, -0.2) is 29.7 Å². The smallest absolute Gasteiger partial charge is 0.288 e. The normalized spacial score (nSPS) is 15.1. The van der Waals surface area contributed by atoms with Crippen LogP contribution in [0.3, 0.4) is 0 Å². The average molecular weight is 390 g/mol. The number of thioether (sulfide) groups is 1. The zero-order valence-corrected chi connectivity index (χ0v) is 16.0. The molecule has 1 N–H and O–H groups in total. The maximum atomic E-state index is 12.3. The number of carbonyl (C=O) groups is 1. The topological polar surface area (TPSA) is 32.3 Å². The average Bonchev–Trinajstić information content (AvgIpc) is 2.68. The highest BCUT2D eigenvalue weighted by Gasteiger charge is 2.11. The first kappa shape index (κ1) is 19.8. The van der Waals surface area contributed by atoms with Crippen molar-refractivity contribution in [2.24, 2.45) is 0 Å². The van der Waals surface area contributed by atoms with Crippen molar-refractivity contribution < 1.29 is 13.6 Å². The van der Waals surface area contributed by atoms with E-state index in [0.717, 1.165) is 12.1 Å². The summed E-state index contributed by atoms with van der Waals surface area (Å²) < 4.78 is 24.7. The fourth-order valence-electron chi connectivity index (χ4n) is 3.21. The molecule has 1 aliphatic rings. The summed E-state index contributed by atoms with van der Waals surface area (Å²) in [6.45, 7) is 3.77. The van der Waals surface area contributed by atoms with E-state index in [1.807, 2.05) is 12.1 Å². The minimum absolute atomic E-state index is 0.207. The zero-order chi connectivity index (χ0) is 19.1. The van der Waals surface area contributed by atoms with E-state index < -0.39 is 5.76 Å². The lowest BCUT2D eigenvalue weighted by atomic mass is 10.1. The minimum atomic E-state index is -2.46. The summed E-state index contributed by atoms with van der Waals surface area (Å²) in [7, 11) is 0. The lowest BCUT2D eigenvalue weighted by Crippen LogP contribution is -2.29. The molecule has 3 nitrogen and oxygen atoms in total. The minimum Gasteiger partial charge on any atom is -0.348 e. The van der Waals surface area contributed by atoms with E-state index in [1.54, 1.807) is 24.3 Å². The molecule has 1 aliphatic heterocycles. The maximum absolute atomic E-state index is 12.3. The van der Waals surface area contributed by atoms with Gasteiger partial charge >= 0.3 is 0 Å². The third-order valence-electron chi connectivity index (χ3n) is 4.67. The highest BCUT2D eigenvalue weighted by molar-refractivity contribution is 7.99. The van der Waals surface area contributed by atoms with Gasteiger partial charge in [0.15, 0.2) is 0 Å². The molecule has 0 atom stereocenters. The molecule has 0 saturated carbocycles. The summed E-state index contributed by atoms with van der Waals surface area (Å²) in [5, 5.41) is 2.87. The van der Waals surface area contributed by atoms with E-state index in [2.05, 4.69) is 22.3 Å². The van der Waals surface area contributed by atoms with Crippen molar-refractivity contribution in [1.29, 1.82) is 0 Å². The number of benzene rings is 2. The fraction of sp³-hybridized carbons (Fsp3) is 0.381. The summed E-state index contributed by atoms with van der Waals surface area (Å²) in [6, 6.07) is 14.6. The Hall–Kier alpha value is -1.92. The number of hydrogen-bond acceptors (Lipinski definition) is 3. The molecule has 0 unspecified atom stereocenters. The van der Waals surface area contributed by atoms with Gasteiger partial charge in [-0.2, -0.15) is 8.78 Å². The molecule has 27 heavy (non-hydrogen) atoms. The van der Waals surface area contributed by atoms with Crippen molar-refractivity contribution in [1.82, 2.24) is 10.2 Å². The Kier molecular flexibility index (Phi) is 7.24. The van der Waals surface area contributed by atoms with Gasteiger partial charge in [0.2, 0.25) is 0 Å². The number of rotatable bonds is 7. The Morgan fingerprint density at radius 3 is 2.22 bits per heavy atom. The lowest BCUT2D eigenvalue weighted by Gasteiger charge is -2.26. The number of likely N-dealkylation sites (tertiary alicyclic amines) is 1. The monoisotopic (exact) mass is 390 g/mol. The van der Waals surface area contributed by atoms with E-state index >= 15 is 0 Å². The summed E-state index contributed by atoms with van der Waals surface area (Å²) in [5.74, 6) is -2.66. The largest absolute Gasteiger partial charge is 0.348 e. The van der Waals surface area contributed by atoms with Crippen molar-refractivity contribution in [2.45, 2.75) is 43.0 Å². The Labute approximate surface area is 163 Å². The first-order valence-electron chi connectivity index (χ1n) is 9.23. The number of piperidine rings is 1. The van der Waals surface area contributed by atoms with Crippen molar-refractivity contribution in [3.05, 3.63) is 65.2 Å². The third kappa shape index (κ3) is 6.33. The van der Waals surface area contributed by atoms with Gasteiger partial charge in [0.1, 0.15) is 0 Å². The molecule has 0 spiro atoms. The van der Waals surface area contributed by atoms with Crippen LogP contribution in [0.25, 0.3) is 0 Å². The van der Waals surface area contributed by atoms with Crippen molar-refractivity contribution in [3.8, 4) is 0 Å². The molecule has 2 aromatic rings. The number of halogens is 2. The molecule has 144 valence electrons. The second-order valence-electron chi connectivity index (χ2n) is 6.74. The van der Waals surface area contributed by atoms with Gasteiger partial charge in [-0.25, -0.2) is 0 Å². The molecular formula is C21H24F2N2OS. The van der Waals surface area contributed by atoms with Crippen LogP contribution in [0.15, 0.2) is 53.4 Å². The van der Waals surface area contributed by atoms with E-state index in [0.29, 0.717) is 28.8 Å². The Morgan fingerprint density at radius 2 is 1.59 bits per heavy atom. The van der Waals surface area contributed by atoms with Gasteiger partial charge in [0, 0.05) is 23.5 Å². The molecule has 0 radical (unpaired) electrons. The molecule has 2 aromatic carbocycles. The molecule has 0 aromatic heterocycles. The van der Waals surface area contributed by atoms with Gasteiger partial charge in [-0.15, -0.1) is 0 Å². The molecule has 1 fully saturated rings. The highest BCUT2D eigenvalue weighted by atomic mass is 32.2. The second-order valence-corrected chi connectivity index (χ2v) is 7.80. The van der Waals surface area contributed by atoms with Gasteiger partial charge in [0.25, 0.3) is 11.7 Å². The van der Waals surface area contributed by atoms with Crippen LogP contribution in [0, 0.1) is 0 Å². The molecule has 6 heteroatoms. The molecule has 1 saturated heterocycles. The van der Waals surface area contributed by atoms with Gasteiger partial charge in [-0.05, 0) is 61.3 Å². The molecule has 0 aliphatic carbocycles. The summed E-state index contributed by atoms with van der Waals surface area (Å²) in [5.41, 5.74) is 2.80. The van der Waals surface area contributed by atoms with Gasteiger partial charge in [-0.1, -0.05) is 42.4 Å². The second kappa shape index (κ2) is 9.85. The summed E-state index contributed by atoms with van der Waals surface area (Å²) >= 11 is 0.474. The Bertz CT molecular complexity index is 729. The molecule has 1 heterocycles. The number of carbonyl (C=O) groups excluding carboxylic acids is 1. The van der Waals surface area contributed by atoms with Crippen LogP contribution in [0.5, 0.6) is 0 Å². The molecular weight excluding hydrogens is 366 g/mol. The van der Waals surface area contributed by atoms with Crippen LogP contribution >= 0.6 is 11.8 Å². The fourth-order valence-corrected chi connectivity index (χ4v) is 3.71. The quantitative estimate of drug-likeness (QED) is 0.681. The van der Waals surface area contributed by atoms with E-state index in [1.165, 1.54) is 37.9 Å². The summed E-state index contributed by atoms with van der Waals surface area (Å²) in [4.78, 5) is 15.1. The third-order valence-corrected chi connectivity index (χ3v) is 5.40. The van der Waals surface area contributed by atoms with Crippen molar-refractivity contribution in [3.63, 3.8) is 0 Å². The Morgan fingerprint density at radius 1 is 0.963 bits per heavy atom. The van der Waals surface area contributed by atoms with Crippen LogP contribution in [0.1, 0.15) is 40.7 Å². The molecule has 0 bridgehead atoms. The number of hydrogen-bond donors (Lipinski definition) is 1. The van der Waals surface area contributed by atoms with Crippen LogP contribution in [0.2, 0.25) is 0 Å². The molecule has 1 amide bonds. The van der Waals surface area contributed by atoms with Gasteiger partial charge in [0.05, 0.1) is 0 Å². The van der Waals surface area contributed by atoms with Crippen molar-refractivity contribution in [2.75, 3.05) is 13.1 Å². The Balaban J connectivity index is 1.48. The maximum Gasteiger partial charge on any atom is 0.288 e. The van der Waals surface area contributed by atoms with E-state index in [4.69, 9.17) is 0 Å². The number of nitrogens with zero attached hydrogens (tertiary/aromatic N) is 1. The predicted octanol–water partition coefficient (Wildman–Crippen LogP) is 4.92. The molecule has 3 rings (SSSR count). The van der Waals surface area contributed by atoms with Crippen LogP contribution in [0.4, 0.5) is 8.78 Å². The first-order valence-corrected chi connectivity index (χ1v) is 10.1.